The molecule has 0 spiro atoms. The van der Waals surface area contributed by atoms with Crippen molar-refractivity contribution in [3.63, 3.8) is 0 Å². The minimum absolute atomic E-state index is 0.167. The molecule has 0 bridgehead atoms. The van der Waals surface area contributed by atoms with E-state index in [-0.39, 0.29) is 6.04 Å². The fourth-order valence-corrected chi connectivity index (χ4v) is 2.78. The minimum atomic E-state index is 0.167. The first-order valence-electron chi connectivity index (χ1n) is 6.81. The standard InChI is InChI=1S/C17H20BrNO/c1-4-20-14-8-6-13(7-9-14)17(19-3)15-11-12(2)5-10-16(15)18/h5-11,17,19H,4H2,1-3H3. The lowest BCUT2D eigenvalue weighted by Gasteiger charge is -2.19. The largest absolute Gasteiger partial charge is 0.494 e. The van der Waals surface area contributed by atoms with Crippen molar-refractivity contribution in [3.8, 4) is 5.75 Å². The topological polar surface area (TPSA) is 21.3 Å². The van der Waals surface area contributed by atoms with E-state index in [9.17, 15) is 0 Å². The lowest BCUT2D eigenvalue weighted by atomic mass is 9.97. The first-order valence-corrected chi connectivity index (χ1v) is 7.61. The average Bonchev–Trinajstić information content (AvgIpc) is 2.45. The van der Waals surface area contributed by atoms with Crippen molar-refractivity contribution in [2.75, 3.05) is 13.7 Å². The molecular formula is C17H20BrNO. The Balaban J connectivity index is 2.34. The Morgan fingerprint density at radius 3 is 2.45 bits per heavy atom. The van der Waals surface area contributed by atoms with Crippen LogP contribution in [-0.2, 0) is 0 Å². The molecule has 20 heavy (non-hydrogen) atoms. The molecule has 0 aliphatic rings. The third kappa shape index (κ3) is 3.41. The molecule has 2 rings (SSSR count). The van der Waals surface area contributed by atoms with Gasteiger partial charge in [0.1, 0.15) is 5.75 Å². The molecule has 0 fully saturated rings. The molecule has 0 aliphatic heterocycles. The number of benzene rings is 2. The van der Waals surface area contributed by atoms with Gasteiger partial charge in [0.2, 0.25) is 0 Å². The van der Waals surface area contributed by atoms with E-state index in [2.05, 4.69) is 58.5 Å². The van der Waals surface area contributed by atoms with Gasteiger partial charge in [-0.3, -0.25) is 0 Å². The van der Waals surface area contributed by atoms with Crippen molar-refractivity contribution in [3.05, 3.63) is 63.6 Å². The SMILES string of the molecule is CCOc1ccc(C(NC)c2cc(C)ccc2Br)cc1. The molecule has 0 aromatic heterocycles. The smallest absolute Gasteiger partial charge is 0.119 e. The molecule has 1 unspecified atom stereocenters. The van der Waals surface area contributed by atoms with Crippen molar-refractivity contribution < 1.29 is 4.74 Å². The molecule has 0 amide bonds. The van der Waals surface area contributed by atoms with Crippen LogP contribution in [0.4, 0.5) is 0 Å². The number of rotatable bonds is 5. The minimum Gasteiger partial charge on any atom is -0.494 e. The van der Waals surface area contributed by atoms with Gasteiger partial charge >= 0.3 is 0 Å². The molecule has 106 valence electrons. The zero-order valence-electron chi connectivity index (χ0n) is 12.1. The zero-order chi connectivity index (χ0) is 14.5. The van der Waals surface area contributed by atoms with Crippen LogP contribution in [0.3, 0.4) is 0 Å². The van der Waals surface area contributed by atoms with Crippen LogP contribution in [0.15, 0.2) is 46.9 Å². The Labute approximate surface area is 129 Å². The summed E-state index contributed by atoms with van der Waals surface area (Å²) in [5.41, 5.74) is 3.73. The lowest BCUT2D eigenvalue weighted by molar-refractivity contribution is 0.340. The third-order valence-corrected chi connectivity index (χ3v) is 4.00. The van der Waals surface area contributed by atoms with Crippen LogP contribution in [0.2, 0.25) is 0 Å². The quantitative estimate of drug-likeness (QED) is 0.871. The van der Waals surface area contributed by atoms with Crippen molar-refractivity contribution >= 4 is 15.9 Å². The number of halogens is 1. The van der Waals surface area contributed by atoms with Gasteiger partial charge in [0.05, 0.1) is 12.6 Å². The van der Waals surface area contributed by atoms with E-state index in [1.54, 1.807) is 0 Å². The first-order chi connectivity index (χ1) is 9.65. The summed E-state index contributed by atoms with van der Waals surface area (Å²) in [5, 5.41) is 3.38. The summed E-state index contributed by atoms with van der Waals surface area (Å²) in [7, 11) is 1.98. The predicted molar refractivity (Wildman–Crippen MR) is 87.4 cm³/mol. The monoisotopic (exact) mass is 333 g/mol. The van der Waals surface area contributed by atoms with Crippen molar-refractivity contribution in [2.24, 2.45) is 0 Å². The van der Waals surface area contributed by atoms with Crippen LogP contribution < -0.4 is 10.1 Å². The number of aryl methyl sites for hydroxylation is 1. The van der Waals surface area contributed by atoms with Crippen LogP contribution in [-0.4, -0.2) is 13.7 Å². The van der Waals surface area contributed by atoms with E-state index >= 15 is 0 Å². The highest BCUT2D eigenvalue weighted by molar-refractivity contribution is 9.10. The highest BCUT2D eigenvalue weighted by Crippen LogP contribution is 2.30. The van der Waals surface area contributed by atoms with E-state index < -0.39 is 0 Å². The highest BCUT2D eigenvalue weighted by atomic mass is 79.9. The molecule has 0 radical (unpaired) electrons. The van der Waals surface area contributed by atoms with Gasteiger partial charge in [-0.2, -0.15) is 0 Å². The van der Waals surface area contributed by atoms with Crippen LogP contribution in [0.1, 0.15) is 29.7 Å². The van der Waals surface area contributed by atoms with Gasteiger partial charge in [-0.25, -0.2) is 0 Å². The second-order valence-electron chi connectivity index (χ2n) is 4.75. The van der Waals surface area contributed by atoms with Crippen molar-refractivity contribution in [1.82, 2.24) is 5.32 Å². The molecule has 0 aliphatic carbocycles. The number of ether oxygens (including phenoxy) is 1. The number of hydrogen-bond acceptors (Lipinski definition) is 2. The molecule has 2 aromatic rings. The normalized spacial score (nSPS) is 12.2. The molecule has 2 nitrogen and oxygen atoms in total. The molecule has 0 saturated carbocycles. The summed E-state index contributed by atoms with van der Waals surface area (Å²) in [6.45, 7) is 4.80. The summed E-state index contributed by atoms with van der Waals surface area (Å²) in [6.07, 6.45) is 0. The van der Waals surface area contributed by atoms with Crippen LogP contribution in [0, 0.1) is 6.92 Å². The van der Waals surface area contributed by atoms with Gasteiger partial charge < -0.3 is 10.1 Å². The highest BCUT2D eigenvalue weighted by Gasteiger charge is 2.15. The third-order valence-electron chi connectivity index (χ3n) is 3.28. The lowest BCUT2D eigenvalue weighted by Crippen LogP contribution is -2.18. The fourth-order valence-electron chi connectivity index (χ4n) is 2.31. The molecule has 3 heteroatoms. The summed E-state index contributed by atoms with van der Waals surface area (Å²) >= 11 is 3.64. The van der Waals surface area contributed by atoms with Gasteiger partial charge in [0.15, 0.2) is 0 Å². The summed E-state index contributed by atoms with van der Waals surface area (Å²) in [5.74, 6) is 0.911. The Kier molecular flexibility index (Phi) is 5.21. The van der Waals surface area contributed by atoms with Crippen LogP contribution in [0.5, 0.6) is 5.75 Å². The molecule has 2 aromatic carbocycles. The Morgan fingerprint density at radius 2 is 1.85 bits per heavy atom. The predicted octanol–water partition coefficient (Wildman–Crippen LogP) is 4.47. The molecule has 1 N–H and O–H groups in total. The second kappa shape index (κ2) is 6.91. The second-order valence-corrected chi connectivity index (χ2v) is 5.60. The fraction of sp³-hybridized carbons (Fsp3) is 0.294. The number of hydrogen-bond donors (Lipinski definition) is 1. The van der Waals surface area contributed by atoms with Gasteiger partial charge in [-0.15, -0.1) is 0 Å². The summed E-state index contributed by atoms with van der Waals surface area (Å²) in [4.78, 5) is 0. The van der Waals surface area contributed by atoms with E-state index in [1.807, 2.05) is 26.1 Å². The summed E-state index contributed by atoms with van der Waals surface area (Å²) < 4.78 is 6.61. The maximum absolute atomic E-state index is 5.49. The average molecular weight is 334 g/mol. The Hall–Kier alpha value is -1.32. The Bertz CT molecular complexity index is 566. The molecule has 1 atom stereocenters. The van der Waals surface area contributed by atoms with Crippen molar-refractivity contribution in [1.29, 1.82) is 0 Å². The van der Waals surface area contributed by atoms with E-state index in [0.717, 1.165) is 10.2 Å². The van der Waals surface area contributed by atoms with E-state index in [0.29, 0.717) is 6.61 Å². The van der Waals surface area contributed by atoms with Gasteiger partial charge in [0, 0.05) is 4.47 Å². The summed E-state index contributed by atoms with van der Waals surface area (Å²) in [6, 6.07) is 14.9. The number of nitrogens with one attached hydrogen (secondary N) is 1. The van der Waals surface area contributed by atoms with E-state index in [1.165, 1.54) is 16.7 Å². The zero-order valence-corrected chi connectivity index (χ0v) is 13.7. The van der Waals surface area contributed by atoms with Gasteiger partial charge in [-0.05, 0) is 50.2 Å². The molecular weight excluding hydrogens is 314 g/mol. The molecule has 0 saturated heterocycles. The Morgan fingerprint density at radius 1 is 1.15 bits per heavy atom. The molecule has 0 heterocycles. The van der Waals surface area contributed by atoms with Crippen LogP contribution in [0.25, 0.3) is 0 Å². The van der Waals surface area contributed by atoms with Crippen LogP contribution >= 0.6 is 15.9 Å². The van der Waals surface area contributed by atoms with Gasteiger partial charge in [0.25, 0.3) is 0 Å². The van der Waals surface area contributed by atoms with Crippen molar-refractivity contribution in [2.45, 2.75) is 19.9 Å². The first kappa shape index (κ1) is 15.1. The maximum Gasteiger partial charge on any atom is 0.119 e. The van der Waals surface area contributed by atoms with Gasteiger partial charge in [-0.1, -0.05) is 45.8 Å². The van der Waals surface area contributed by atoms with E-state index in [4.69, 9.17) is 4.74 Å². The maximum atomic E-state index is 5.49.